The number of hydrogen-bond acceptors (Lipinski definition) is 6. The number of rotatable bonds is 6. The third-order valence-electron chi connectivity index (χ3n) is 3.60. The van der Waals surface area contributed by atoms with Crippen LogP contribution in [0.25, 0.3) is 11.2 Å². The minimum Gasteiger partial charge on any atom is -0.461 e. The van der Waals surface area contributed by atoms with Crippen molar-refractivity contribution in [3.63, 3.8) is 0 Å². The fraction of sp³-hybridized carbons (Fsp3) is 0.294. The second-order valence-corrected chi connectivity index (χ2v) is 5.26. The summed E-state index contributed by atoms with van der Waals surface area (Å²) in [7, 11) is 1.61. The molecule has 0 aliphatic heterocycles. The number of ether oxygens (including phenoxy) is 2. The summed E-state index contributed by atoms with van der Waals surface area (Å²) in [6, 6.07) is 9.90. The van der Waals surface area contributed by atoms with Crippen molar-refractivity contribution in [2.24, 2.45) is 0 Å². The van der Waals surface area contributed by atoms with E-state index in [1.54, 1.807) is 25.4 Å². The number of nitrogens with zero attached hydrogens (tertiary/aromatic N) is 5. The number of aromatic nitrogens is 4. The Labute approximate surface area is 139 Å². The highest BCUT2D eigenvalue weighted by Gasteiger charge is 2.11. The Morgan fingerprint density at radius 2 is 1.96 bits per heavy atom. The topological polar surface area (TPSA) is 85.9 Å². The third kappa shape index (κ3) is 3.34. The lowest BCUT2D eigenvalue weighted by molar-refractivity contribution is 0.141. The molecule has 7 nitrogen and oxygen atoms in total. The van der Waals surface area contributed by atoms with Crippen LogP contribution in [0.15, 0.2) is 30.5 Å². The van der Waals surface area contributed by atoms with Crippen molar-refractivity contribution in [3.8, 4) is 12.1 Å². The number of nitriles is 1. The summed E-state index contributed by atoms with van der Waals surface area (Å²) in [6.07, 6.45) is 1.66. The molecule has 1 aromatic carbocycles. The molecule has 0 bridgehead atoms. The molecule has 0 unspecified atom stereocenters. The summed E-state index contributed by atoms with van der Waals surface area (Å²) < 4.78 is 12.4. The van der Waals surface area contributed by atoms with E-state index in [9.17, 15) is 0 Å². The molecule has 0 fully saturated rings. The predicted molar refractivity (Wildman–Crippen MR) is 87.7 cm³/mol. The maximum Gasteiger partial charge on any atom is 0.318 e. The highest BCUT2D eigenvalue weighted by Crippen LogP contribution is 2.17. The molecule has 0 saturated heterocycles. The highest BCUT2D eigenvalue weighted by atomic mass is 16.5. The zero-order chi connectivity index (χ0) is 16.9. The van der Waals surface area contributed by atoms with Crippen LogP contribution < -0.4 is 4.74 Å². The Morgan fingerprint density at radius 1 is 1.17 bits per heavy atom. The Balaban J connectivity index is 1.89. The van der Waals surface area contributed by atoms with E-state index >= 15 is 0 Å². The van der Waals surface area contributed by atoms with Gasteiger partial charge in [0.05, 0.1) is 31.0 Å². The van der Waals surface area contributed by atoms with Gasteiger partial charge in [-0.25, -0.2) is 9.97 Å². The second kappa shape index (κ2) is 7.06. The zero-order valence-electron chi connectivity index (χ0n) is 13.6. The molecule has 122 valence electrons. The van der Waals surface area contributed by atoms with Crippen molar-refractivity contribution in [1.82, 2.24) is 19.5 Å². The molecule has 2 heterocycles. The van der Waals surface area contributed by atoms with E-state index in [0.717, 1.165) is 22.6 Å². The monoisotopic (exact) mass is 323 g/mol. The number of benzene rings is 1. The van der Waals surface area contributed by atoms with Crippen LogP contribution in [0.5, 0.6) is 6.01 Å². The average molecular weight is 323 g/mol. The largest absolute Gasteiger partial charge is 0.461 e. The first kappa shape index (κ1) is 15.9. The van der Waals surface area contributed by atoms with E-state index in [0.29, 0.717) is 31.3 Å². The minimum absolute atomic E-state index is 0.306. The first-order valence-corrected chi connectivity index (χ1v) is 7.52. The Morgan fingerprint density at radius 3 is 2.67 bits per heavy atom. The fourth-order valence-corrected chi connectivity index (χ4v) is 2.36. The van der Waals surface area contributed by atoms with Crippen LogP contribution in [0.2, 0.25) is 0 Å². The van der Waals surface area contributed by atoms with Gasteiger partial charge in [0.2, 0.25) is 0 Å². The van der Waals surface area contributed by atoms with E-state index < -0.39 is 0 Å². The quantitative estimate of drug-likeness (QED) is 0.646. The summed E-state index contributed by atoms with van der Waals surface area (Å²) in [5.41, 5.74) is 3.15. The average Bonchev–Trinajstić information content (AvgIpc) is 2.91. The fourth-order valence-electron chi connectivity index (χ4n) is 2.36. The van der Waals surface area contributed by atoms with Crippen LogP contribution in [-0.4, -0.2) is 39.8 Å². The maximum atomic E-state index is 8.88. The van der Waals surface area contributed by atoms with Crippen LogP contribution in [-0.2, 0) is 11.3 Å². The van der Waals surface area contributed by atoms with Crippen molar-refractivity contribution in [3.05, 3.63) is 47.4 Å². The van der Waals surface area contributed by atoms with E-state index in [1.165, 1.54) is 0 Å². The van der Waals surface area contributed by atoms with Gasteiger partial charge in [-0.05, 0) is 24.6 Å². The molecule has 24 heavy (non-hydrogen) atoms. The van der Waals surface area contributed by atoms with Gasteiger partial charge in [0, 0.05) is 7.11 Å². The van der Waals surface area contributed by atoms with Crippen molar-refractivity contribution in [1.29, 1.82) is 5.26 Å². The lowest BCUT2D eigenvalue weighted by atomic mass is 10.1. The molecule has 0 N–H and O–H groups in total. The number of methoxy groups -OCH3 is 1. The Kier molecular flexibility index (Phi) is 4.68. The van der Waals surface area contributed by atoms with Crippen LogP contribution >= 0.6 is 0 Å². The number of hydrogen-bond donors (Lipinski definition) is 0. The molecule has 0 radical (unpaired) electrons. The SMILES string of the molecule is COCCOc1ncc2nc(C)n(Cc3ccc(C#N)cc3)c2n1. The zero-order valence-corrected chi connectivity index (χ0v) is 13.6. The Hall–Kier alpha value is -2.98. The first-order valence-electron chi connectivity index (χ1n) is 7.52. The summed E-state index contributed by atoms with van der Waals surface area (Å²) in [5, 5.41) is 8.88. The van der Waals surface area contributed by atoms with Crippen molar-refractivity contribution < 1.29 is 9.47 Å². The van der Waals surface area contributed by atoms with Gasteiger partial charge in [0.15, 0.2) is 5.65 Å². The molecule has 0 atom stereocenters. The molecule has 3 aromatic rings. The van der Waals surface area contributed by atoms with Crippen molar-refractivity contribution in [2.45, 2.75) is 13.5 Å². The molecule has 2 aromatic heterocycles. The van der Waals surface area contributed by atoms with Gasteiger partial charge in [-0.3, -0.25) is 0 Å². The van der Waals surface area contributed by atoms with Gasteiger partial charge in [-0.1, -0.05) is 12.1 Å². The highest BCUT2D eigenvalue weighted by molar-refractivity contribution is 5.70. The van der Waals surface area contributed by atoms with Crippen molar-refractivity contribution >= 4 is 11.2 Å². The van der Waals surface area contributed by atoms with Gasteiger partial charge in [0.25, 0.3) is 0 Å². The molecule has 3 rings (SSSR count). The summed E-state index contributed by atoms with van der Waals surface area (Å²) in [5.74, 6) is 0.845. The lowest BCUT2D eigenvalue weighted by Crippen LogP contribution is -2.08. The third-order valence-corrected chi connectivity index (χ3v) is 3.60. The minimum atomic E-state index is 0.306. The van der Waals surface area contributed by atoms with Crippen molar-refractivity contribution in [2.75, 3.05) is 20.3 Å². The smallest absolute Gasteiger partial charge is 0.318 e. The van der Waals surface area contributed by atoms with Gasteiger partial charge in [-0.15, -0.1) is 0 Å². The van der Waals surface area contributed by atoms with E-state index in [2.05, 4.69) is 21.0 Å². The molecule has 0 amide bonds. The molecule has 0 spiro atoms. The lowest BCUT2D eigenvalue weighted by Gasteiger charge is -2.07. The first-order chi connectivity index (χ1) is 11.7. The summed E-state index contributed by atoms with van der Waals surface area (Å²) >= 11 is 0. The van der Waals surface area contributed by atoms with Crippen LogP contribution in [0.1, 0.15) is 17.0 Å². The molecule has 0 aliphatic rings. The van der Waals surface area contributed by atoms with E-state index in [-0.39, 0.29) is 0 Å². The van der Waals surface area contributed by atoms with Crippen LogP contribution in [0.4, 0.5) is 0 Å². The molecule has 0 saturated carbocycles. The van der Waals surface area contributed by atoms with Crippen LogP contribution in [0, 0.1) is 18.3 Å². The molecular formula is C17H17N5O2. The molecule has 0 aliphatic carbocycles. The Bertz CT molecular complexity index is 880. The van der Waals surface area contributed by atoms with E-state index in [4.69, 9.17) is 14.7 Å². The predicted octanol–water partition coefficient (Wildman–Crippen LogP) is 2.08. The molecule has 7 heteroatoms. The van der Waals surface area contributed by atoms with Gasteiger partial charge < -0.3 is 14.0 Å². The van der Waals surface area contributed by atoms with Gasteiger partial charge >= 0.3 is 6.01 Å². The summed E-state index contributed by atoms with van der Waals surface area (Å²) in [6.45, 7) is 3.41. The second-order valence-electron chi connectivity index (χ2n) is 5.26. The van der Waals surface area contributed by atoms with Gasteiger partial charge in [0.1, 0.15) is 17.9 Å². The number of aryl methyl sites for hydroxylation is 1. The number of imidazole rings is 1. The summed E-state index contributed by atoms with van der Waals surface area (Å²) in [4.78, 5) is 13.1. The number of fused-ring (bicyclic) bond motifs is 1. The van der Waals surface area contributed by atoms with E-state index in [1.807, 2.05) is 23.6 Å². The molecular weight excluding hydrogens is 306 g/mol. The van der Waals surface area contributed by atoms with Crippen LogP contribution in [0.3, 0.4) is 0 Å². The normalized spacial score (nSPS) is 10.7. The van der Waals surface area contributed by atoms with Gasteiger partial charge in [-0.2, -0.15) is 10.2 Å². The maximum absolute atomic E-state index is 8.88. The standard InChI is InChI=1S/C17H17N5O2/c1-12-20-15-10-19-17(24-8-7-23-2)21-16(15)22(12)11-14-5-3-13(9-18)4-6-14/h3-6,10H,7-8,11H2,1-2H3.